The summed E-state index contributed by atoms with van der Waals surface area (Å²) in [7, 11) is 1.39. The number of thioether (sulfide) groups is 1. The Kier molecular flexibility index (Phi) is 4.53. The van der Waals surface area contributed by atoms with E-state index >= 15 is 0 Å². The molecule has 1 amide bonds. The van der Waals surface area contributed by atoms with E-state index in [1.165, 1.54) is 20.0 Å². The fourth-order valence-electron chi connectivity index (χ4n) is 2.34. The predicted octanol–water partition coefficient (Wildman–Crippen LogP) is 1.29. The number of methoxy groups -OCH3 is 1. The zero-order valence-corrected chi connectivity index (χ0v) is 11.1. The third-order valence-corrected chi connectivity index (χ3v) is 4.84. The molecule has 4 atom stereocenters. The number of fused-ring (bicyclic) bond motifs is 1. The molecule has 2 aliphatic heterocycles. The first-order valence-corrected chi connectivity index (χ1v) is 7.18. The number of hydrogen-bond donors (Lipinski definition) is 2. The van der Waals surface area contributed by atoms with Gasteiger partial charge < -0.3 is 10.1 Å². The van der Waals surface area contributed by atoms with E-state index in [4.69, 9.17) is 4.84 Å². The summed E-state index contributed by atoms with van der Waals surface area (Å²) in [6, 6.07) is 0.310. The van der Waals surface area contributed by atoms with Gasteiger partial charge in [0.1, 0.15) is 0 Å². The first kappa shape index (κ1) is 13.0. The van der Waals surface area contributed by atoms with Crippen LogP contribution in [0.4, 0.5) is 4.79 Å². The van der Waals surface area contributed by atoms with E-state index in [2.05, 4.69) is 22.5 Å². The van der Waals surface area contributed by atoms with Crippen molar-refractivity contribution in [1.29, 1.82) is 0 Å². The smallest absolute Gasteiger partial charge is 0.407 e. The van der Waals surface area contributed by atoms with Crippen LogP contribution in [-0.4, -0.2) is 42.4 Å². The largest absolute Gasteiger partial charge is 0.453 e. The minimum absolute atomic E-state index is 0.101. The maximum atomic E-state index is 11.2. The second kappa shape index (κ2) is 5.93. The molecule has 0 radical (unpaired) electrons. The predicted molar refractivity (Wildman–Crippen MR) is 66.9 cm³/mol. The molecule has 2 N–H and O–H groups in total. The zero-order valence-electron chi connectivity index (χ0n) is 10.3. The maximum absolute atomic E-state index is 11.2. The van der Waals surface area contributed by atoms with Crippen LogP contribution in [0.2, 0.25) is 0 Å². The van der Waals surface area contributed by atoms with Crippen LogP contribution in [0.25, 0.3) is 0 Å². The summed E-state index contributed by atoms with van der Waals surface area (Å²) in [4.78, 5) is 16.8. The van der Waals surface area contributed by atoms with Gasteiger partial charge >= 0.3 is 6.09 Å². The molecule has 0 unspecified atom stereocenters. The lowest BCUT2D eigenvalue weighted by atomic mass is 10.0. The molecule has 6 heteroatoms. The van der Waals surface area contributed by atoms with Crippen molar-refractivity contribution >= 4 is 17.9 Å². The van der Waals surface area contributed by atoms with Crippen LogP contribution in [0.1, 0.15) is 26.2 Å². The van der Waals surface area contributed by atoms with E-state index in [1.807, 2.05) is 11.8 Å². The van der Waals surface area contributed by atoms with E-state index in [1.54, 1.807) is 0 Å². The Bertz CT molecular complexity index is 277. The van der Waals surface area contributed by atoms with Crippen molar-refractivity contribution in [1.82, 2.24) is 10.8 Å². The van der Waals surface area contributed by atoms with Crippen LogP contribution in [-0.2, 0) is 9.57 Å². The van der Waals surface area contributed by atoms with Gasteiger partial charge in [-0.15, -0.1) is 0 Å². The van der Waals surface area contributed by atoms with Crippen molar-refractivity contribution in [2.24, 2.45) is 0 Å². The van der Waals surface area contributed by atoms with Gasteiger partial charge in [0.15, 0.2) is 0 Å². The second-order valence-corrected chi connectivity index (χ2v) is 5.69. The molecule has 2 rings (SSSR count). The fourth-order valence-corrected chi connectivity index (χ4v) is 3.92. The second-order valence-electron chi connectivity index (χ2n) is 4.48. The van der Waals surface area contributed by atoms with Crippen LogP contribution in [0.3, 0.4) is 0 Å². The Morgan fingerprint density at radius 3 is 3.18 bits per heavy atom. The number of rotatable bonds is 4. The summed E-state index contributed by atoms with van der Waals surface area (Å²) in [5, 5.41) is 3.30. The van der Waals surface area contributed by atoms with E-state index in [-0.39, 0.29) is 24.3 Å². The topological polar surface area (TPSA) is 59.6 Å². The molecular weight excluding hydrogens is 240 g/mol. The molecule has 0 aliphatic carbocycles. The van der Waals surface area contributed by atoms with Crippen molar-refractivity contribution in [2.45, 2.75) is 49.6 Å². The van der Waals surface area contributed by atoms with Gasteiger partial charge in [-0.3, -0.25) is 4.84 Å². The van der Waals surface area contributed by atoms with Crippen molar-refractivity contribution in [3.63, 3.8) is 0 Å². The fraction of sp³-hybridized carbons (Fsp3) is 0.909. The van der Waals surface area contributed by atoms with E-state index < -0.39 is 0 Å². The molecule has 0 aromatic heterocycles. The van der Waals surface area contributed by atoms with Gasteiger partial charge in [0, 0.05) is 5.75 Å². The van der Waals surface area contributed by atoms with E-state index in [0.717, 1.165) is 12.2 Å². The van der Waals surface area contributed by atoms with Crippen LogP contribution in [0.15, 0.2) is 0 Å². The standard InChI is InChI=1S/C11H20N2O3S/c1-3-4-5-8-10-9(13-16-8)7(6-17-10)12-11(14)15-2/h7-10,13H,3-6H2,1-2H3,(H,12,14)/t7-,8+,9+,10+/m0/s1. The summed E-state index contributed by atoms with van der Waals surface area (Å²) in [6.07, 6.45) is 3.36. The zero-order chi connectivity index (χ0) is 12.3. The van der Waals surface area contributed by atoms with E-state index in [9.17, 15) is 4.79 Å². The highest BCUT2D eigenvalue weighted by Crippen LogP contribution is 2.36. The normalized spacial score (nSPS) is 35.6. The van der Waals surface area contributed by atoms with Crippen molar-refractivity contribution in [2.75, 3.05) is 12.9 Å². The average Bonchev–Trinajstić information content (AvgIpc) is 2.90. The number of carbonyl (C=O) groups excluding carboxylic acids is 1. The molecule has 2 saturated heterocycles. The van der Waals surface area contributed by atoms with Gasteiger partial charge in [0.2, 0.25) is 0 Å². The summed E-state index contributed by atoms with van der Waals surface area (Å²) in [5.74, 6) is 0.920. The maximum Gasteiger partial charge on any atom is 0.407 e. The first-order chi connectivity index (χ1) is 8.26. The molecule has 0 spiro atoms. The van der Waals surface area contributed by atoms with Gasteiger partial charge in [-0.25, -0.2) is 4.79 Å². The quantitative estimate of drug-likeness (QED) is 0.797. The SMILES string of the molecule is CCCC[C@H]1ON[C@H]2[C@@H]1SC[C@@H]2NC(=O)OC. The lowest BCUT2D eigenvalue weighted by molar-refractivity contribution is 0.0189. The lowest BCUT2D eigenvalue weighted by Crippen LogP contribution is -2.48. The Morgan fingerprint density at radius 2 is 2.47 bits per heavy atom. The molecule has 0 bridgehead atoms. The summed E-state index contributed by atoms with van der Waals surface area (Å²) in [6.45, 7) is 2.18. The van der Waals surface area contributed by atoms with Gasteiger partial charge in [-0.2, -0.15) is 17.2 Å². The number of hydrogen-bond acceptors (Lipinski definition) is 5. The molecule has 0 aromatic carbocycles. The third kappa shape index (κ3) is 2.86. The minimum atomic E-state index is -0.366. The number of amides is 1. The summed E-state index contributed by atoms with van der Waals surface area (Å²) in [5.41, 5.74) is 3.07. The molecule has 2 heterocycles. The van der Waals surface area contributed by atoms with Gasteiger partial charge in [0.25, 0.3) is 0 Å². The van der Waals surface area contributed by atoms with Gasteiger partial charge in [0.05, 0.1) is 30.5 Å². The molecule has 98 valence electrons. The summed E-state index contributed by atoms with van der Waals surface area (Å²) < 4.78 is 4.62. The molecule has 17 heavy (non-hydrogen) atoms. The molecule has 0 saturated carbocycles. The van der Waals surface area contributed by atoms with Crippen molar-refractivity contribution in [3.05, 3.63) is 0 Å². The van der Waals surface area contributed by atoms with Crippen LogP contribution >= 0.6 is 11.8 Å². The minimum Gasteiger partial charge on any atom is -0.453 e. The van der Waals surface area contributed by atoms with Crippen molar-refractivity contribution < 1.29 is 14.4 Å². The molecular formula is C11H20N2O3S. The number of carbonyl (C=O) groups is 1. The third-order valence-electron chi connectivity index (χ3n) is 3.31. The van der Waals surface area contributed by atoms with Crippen molar-refractivity contribution in [3.8, 4) is 0 Å². The highest BCUT2D eigenvalue weighted by Gasteiger charge is 2.47. The molecule has 0 aromatic rings. The molecule has 5 nitrogen and oxygen atoms in total. The summed E-state index contributed by atoms with van der Waals surface area (Å²) >= 11 is 1.87. The van der Waals surface area contributed by atoms with Gasteiger partial charge in [-0.05, 0) is 6.42 Å². The highest BCUT2D eigenvalue weighted by atomic mass is 32.2. The number of hydroxylamine groups is 1. The lowest BCUT2D eigenvalue weighted by Gasteiger charge is -2.17. The van der Waals surface area contributed by atoms with Gasteiger partial charge in [-0.1, -0.05) is 19.8 Å². The number of alkyl carbamates (subject to hydrolysis) is 1. The highest BCUT2D eigenvalue weighted by molar-refractivity contribution is 8.00. The number of nitrogens with one attached hydrogen (secondary N) is 2. The Labute approximate surface area is 106 Å². The Hall–Kier alpha value is -0.460. The number of ether oxygens (including phenoxy) is 1. The molecule has 2 aliphatic rings. The van der Waals surface area contributed by atoms with Crippen LogP contribution in [0, 0.1) is 0 Å². The number of unbranched alkanes of at least 4 members (excludes halogenated alkanes) is 1. The molecule has 2 fully saturated rings. The monoisotopic (exact) mass is 260 g/mol. The first-order valence-electron chi connectivity index (χ1n) is 6.13. The average molecular weight is 260 g/mol. The Balaban J connectivity index is 1.86. The Morgan fingerprint density at radius 1 is 1.65 bits per heavy atom. The van der Waals surface area contributed by atoms with E-state index in [0.29, 0.717) is 5.25 Å². The van der Waals surface area contributed by atoms with Crippen LogP contribution in [0.5, 0.6) is 0 Å². The van der Waals surface area contributed by atoms with Crippen LogP contribution < -0.4 is 10.8 Å².